The highest BCUT2D eigenvalue weighted by atomic mass is 32.2. The molecule has 2 aromatic carbocycles. The number of fused-ring (bicyclic) bond motifs is 3. The van der Waals surface area contributed by atoms with Gasteiger partial charge in [-0.25, -0.2) is 0 Å². The zero-order valence-corrected chi connectivity index (χ0v) is 17.8. The highest BCUT2D eigenvalue weighted by Gasteiger charge is 2.36. The molecule has 0 N–H and O–H groups in total. The summed E-state index contributed by atoms with van der Waals surface area (Å²) < 4.78 is 17.4. The Balaban J connectivity index is 2.00. The SMILES string of the molecule is COc1cccc([C@@H]2Oc3nc(SC)nnc3-c3ccccc3N2C(C)=O)c1OC. The first-order valence-electron chi connectivity index (χ1n) is 9.14. The van der Waals surface area contributed by atoms with Crippen molar-refractivity contribution in [2.24, 2.45) is 0 Å². The second-order valence-corrected chi connectivity index (χ2v) is 7.18. The van der Waals surface area contributed by atoms with Gasteiger partial charge in [0.05, 0.1) is 25.5 Å². The van der Waals surface area contributed by atoms with Crippen molar-refractivity contribution in [1.82, 2.24) is 15.2 Å². The molecular formula is C21H20N4O4S. The number of rotatable bonds is 4. The van der Waals surface area contributed by atoms with Crippen LogP contribution in [0.1, 0.15) is 18.7 Å². The van der Waals surface area contributed by atoms with Crippen LogP contribution in [0.4, 0.5) is 5.69 Å². The number of nitrogens with zero attached hydrogens (tertiary/aromatic N) is 4. The third-order valence-corrected chi connectivity index (χ3v) is 5.27. The number of anilines is 1. The molecule has 1 atom stereocenters. The van der Waals surface area contributed by atoms with E-state index in [4.69, 9.17) is 14.2 Å². The Labute approximate surface area is 178 Å². The van der Waals surface area contributed by atoms with Gasteiger partial charge < -0.3 is 14.2 Å². The van der Waals surface area contributed by atoms with Crippen molar-refractivity contribution in [3.05, 3.63) is 48.0 Å². The number of carbonyl (C=O) groups excluding carboxylic acids is 1. The van der Waals surface area contributed by atoms with Crippen LogP contribution < -0.4 is 19.1 Å². The molecule has 1 aromatic heterocycles. The zero-order valence-electron chi connectivity index (χ0n) is 16.9. The fourth-order valence-electron chi connectivity index (χ4n) is 3.45. The van der Waals surface area contributed by atoms with E-state index in [1.54, 1.807) is 25.2 Å². The maximum Gasteiger partial charge on any atom is 0.247 e. The molecule has 0 saturated heterocycles. The lowest BCUT2D eigenvalue weighted by atomic mass is 10.1. The Hall–Kier alpha value is -3.33. The molecule has 2 heterocycles. The largest absolute Gasteiger partial charge is 0.493 e. The lowest BCUT2D eigenvalue weighted by molar-refractivity contribution is -0.118. The first-order valence-corrected chi connectivity index (χ1v) is 10.4. The number of ether oxygens (including phenoxy) is 3. The van der Waals surface area contributed by atoms with Crippen LogP contribution >= 0.6 is 11.8 Å². The van der Waals surface area contributed by atoms with E-state index in [9.17, 15) is 4.79 Å². The van der Waals surface area contributed by atoms with Gasteiger partial charge in [0.25, 0.3) is 0 Å². The van der Waals surface area contributed by atoms with E-state index in [1.165, 1.54) is 18.7 Å². The molecule has 0 radical (unpaired) electrons. The van der Waals surface area contributed by atoms with Crippen LogP contribution in [-0.4, -0.2) is 41.6 Å². The van der Waals surface area contributed by atoms with Gasteiger partial charge in [-0.2, -0.15) is 4.98 Å². The number of hydrogen-bond donors (Lipinski definition) is 0. The summed E-state index contributed by atoms with van der Waals surface area (Å²) in [6.07, 6.45) is 1.01. The summed E-state index contributed by atoms with van der Waals surface area (Å²) in [5.74, 6) is 1.10. The fraction of sp³-hybridized carbons (Fsp3) is 0.238. The average molecular weight is 424 g/mol. The number of para-hydroxylation sites is 2. The highest BCUT2D eigenvalue weighted by Crippen LogP contribution is 2.46. The molecule has 0 aliphatic carbocycles. The summed E-state index contributed by atoms with van der Waals surface area (Å²) in [4.78, 5) is 18.9. The minimum Gasteiger partial charge on any atom is -0.493 e. The smallest absolute Gasteiger partial charge is 0.247 e. The molecule has 4 rings (SSSR count). The van der Waals surface area contributed by atoms with Crippen molar-refractivity contribution in [2.75, 3.05) is 25.4 Å². The van der Waals surface area contributed by atoms with E-state index in [0.29, 0.717) is 45.0 Å². The number of methoxy groups -OCH3 is 2. The molecule has 1 aliphatic rings. The highest BCUT2D eigenvalue weighted by molar-refractivity contribution is 7.98. The summed E-state index contributed by atoms with van der Waals surface area (Å²) in [5.41, 5.74) is 2.45. The van der Waals surface area contributed by atoms with Gasteiger partial charge in [0.15, 0.2) is 17.2 Å². The number of carbonyl (C=O) groups is 1. The van der Waals surface area contributed by atoms with Crippen LogP contribution in [0.15, 0.2) is 47.6 Å². The number of hydrogen-bond acceptors (Lipinski definition) is 8. The molecule has 30 heavy (non-hydrogen) atoms. The zero-order chi connectivity index (χ0) is 21.3. The Morgan fingerprint density at radius 2 is 1.90 bits per heavy atom. The van der Waals surface area contributed by atoms with E-state index in [2.05, 4.69) is 15.2 Å². The predicted octanol–water partition coefficient (Wildman–Crippen LogP) is 3.72. The third kappa shape index (κ3) is 3.30. The topological polar surface area (TPSA) is 86.7 Å². The van der Waals surface area contributed by atoms with Gasteiger partial charge in [-0.15, -0.1) is 10.2 Å². The Morgan fingerprint density at radius 3 is 2.60 bits per heavy atom. The van der Waals surface area contributed by atoms with Crippen LogP contribution in [0.5, 0.6) is 17.4 Å². The molecule has 8 nitrogen and oxygen atoms in total. The average Bonchev–Trinajstić information content (AvgIpc) is 2.92. The van der Waals surface area contributed by atoms with Crippen LogP contribution in [0.2, 0.25) is 0 Å². The summed E-state index contributed by atoms with van der Waals surface area (Å²) in [6.45, 7) is 1.49. The van der Waals surface area contributed by atoms with Crippen molar-refractivity contribution < 1.29 is 19.0 Å². The van der Waals surface area contributed by atoms with Crippen molar-refractivity contribution in [3.63, 3.8) is 0 Å². The molecule has 1 aliphatic heterocycles. The second-order valence-electron chi connectivity index (χ2n) is 6.41. The minimum absolute atomic E-state index is 0.205. The Bertz CT molecular complexity index is 1110. The summed E-state index contributed by atoms with van der Waals surface area (Å²) >= 11 is 1.36. The Morgan fingerprint density at radius 1 is 1.10 bits per heavy atom. The van der Waals surface area contributed by atoms with Crippen molar-refractivity contribution >= 4 is 23.4 Å². The quantitative estimate of drug-likeness (QED) is 0.586. The number of thioether (sulfide) groups is 1. The first kappa shape index (κ1) is 20.0. The van der Waals surface area contributed by atoms with Crippen LogP contribution in [-0.2, 0) is 4.79 Å². The third-order valence-electron chi connectivity index (χ3n) is 4.73. The number of amides is 1. The van der Waals surface area contributed by atoms with Crippen molar-refractivity contribution in [1.29, 1.82) is 0 Å². The molecular weight excluding hydrogens is 404 g/mol. The van der Waals surface area contributed by atoms with E-state index in [-0.39, 0.29) is 5.91 Å². The summed E-state index contributed by atoms with van der Waals surface area (Å²) in [6, 6.07) is 12.9. The standard InChI is InChI=1S/C21H20N4O4S/c1-12(26)25-15-10-6-5-8-13(15)17-19(22-21(30-4)24-23-17)29-20(25)14-9-7-11-16(27-2)18(14)28-3/h5-11,20H,1-4H3/t20-/m0/s1. The van der Waals surface area contributed by atoms with Gasteiger partial charge >= 0.3 is 0 Å². The number of aromatic nitrogens is 3. The molecule has 0 saturated carbocycles. The summed E-state index contributed by atoms with van der Waals surface area (Å²) in [5, 5.41) is 8.96. The van der Waals surface area contributed by atoms with E-state index >= 15 is 0 Å². The van der Waals surface area contributed by atoms with Gasteiger partial charge in [0, 0.05) is 12.5 Å². The van der Waals surface area contributed by atoms with Crippen LogP contribution in [0.3, 0.4) is 0 Å². The molecule has 0 bridgehead atoms. The van der Waals surface area contributed by atoms with Crippen molar-refractivity contribution in [3.8, 4) is 28.6 Å². The lowest BCUT2D eigenvalue weighted by Gasteiger charge is -2.31. The molecule has 0 fully saturated rings. The molecule has 3 aromatic rings. The Kier molecular flexibility index (Phi) is 5.45. The maximum atomic E-state index is 12.8. The van der Waals surface area contributed by atoms with Gasteiger partial charge in [0.1, 0.15) is 0 Å². The van der Waals surface area contributed by atoms with Gasteiger partial charge in [-0.3, -0.25) is 9.69 Å². The van der Waals surface area contributed by atoms with E-state index in [0.717, 1.165) is 0 Å². The molecule has 0 spiro atoms. The second kappa shape index (κ2) is 8.19. The predicted molar refractivity (Wildman–Crippen MR) is 113 cm³/mol. The van der Waals surface area contributed by atoms with Crippen molar-refractivity contribution in [2.45, 2.75) is 18.3 Å². The molecule has 1 amide bonds. The summed E-state index contributed by atoms with van der Waals surface area (Å²) in [7, 11) is 3.11. The lowest BCUT2D eigenvalue weighted by Crippen LogP contribution is -2.36. The van der Waals surface area contributed by atoms with Gasteiger partial charge in [-0.05, 0) is 24.5 Å². The monoisotopic (exact) mass is 424 g/mol. The minimum atomic E-state index is -0.846. The van der Waals surface area contributed by atoms with Crippen LogP contribution in [0, 0.1) is 0 Å². The van der Waals surface area contributed by atoms with Crippen LogP contribution in [0.25, 0.3) is 11.3 Å². The normalized spacial score (nSPS) is 14.8. The molecule has 154 valence electrons. The first-order chi connectivity index (χ1) is 14.6. The van der Waals surface area contributed by atoms with Gasteiger partial charge in [-0.1, -0.05) is 36.0 Å². The molecule has 9 heteroatoms. The van der Waals surface area contributed by atoms with E-state index in [1.807, 2.05) is 42.7 Å². The number of benzene rings is 2. The maximum absolute atomic E-state index is 12.8. The molecule has 0 unspecified atom stereocenters. The fourth-order valence-corrected chi connectivity index (χ4v) is 3.74. The van der Waals surface area contributed by atoms with E-state index < -0.39 is 6.23 Å². The van der Waals surface area contributed by atoms with Gasteiger partial charge in [0.2, 0.25) is 23.2 Å².